The molecule has 84 valence electrons. The molecular formula is C11H8Cl3NO. The SMILES string of the molecule is CC(=O)NCC#Cc1cc(Cl)c(Cl)cc1Cl. The van der Waals surface area contributed by atoms with Gasteiger partial charge < -0.3 is 5.32 Å². The Labute approximate surface area is 109 Å². The molecule has 0 saturated carbocycles. The minimum absolute atomic E-state index is 0.130. The fourth-order valence-electron chi connectivity index (χ4n) is 0.926. The van der Waals surface area contributed by atoms with Crippen LogP contribution in [0.2, 0.25) is 15.1 Å². The summed E-state index contributed by atoms with van der Waals surface area (Å²) in [6.07, 6.45) is 0. The highest BCUT2D eigenvalue weighted by Gasteiger charge is 2.03. The average Bonchev–Trinajstić information content (AvgIpc) is 2.19. The van der Waals surface area contributed by atoms with E-state index in [1.165, 1.54) is 13.0 Å². The molecule has 5 heteroatoms. The van der Waals surface area contributed by atoms with Gasteiger partial charge in [-0.3, -0.25) is 4.79 Å². The number of hydrogen-bond donors (Lipinski definition) is 1. The second kappa shape index (κ2) is 6.00. The van der Waals surface area contributed by atoms with Crippen LogP contribution in [-0.2, 0) is 4.79 Å². The molecule has 0 radical (unpaired) electrons. The summed E-state index contributed by atoms with van der Waals surface area (Å²) in [5.74, 6) is 5.42. The molecule has 0 heterocycles. The molecule has 0 saturated heterocycles. The molecule has 0 aliphatic heterocycles. The van der Waals surface area contributed by atoms with E-state index in [9.17, 15) is 4.79 Å². The average molecular weight is 277 g/mol. The number of hydrogen-bond acceptors (Lipinski definition) is 1. The van der Waals surface area contributed by atoms with Crippen LogP contribution >= 0.6 is 34.8 Å². The first-order chi connectivity index (χ1) is 7.50. The first-order valence-corrected chi connectivity index (χ1v) is 5.52. The molecule has 16 heavy (non-hydrogen) atoms. The van der Waals surface area contributed by atoms with Crippen molar-refractivity contribution in [2.24, 2.45) is 0 Å². The van der Waals surface area contributed by atoms with Gasteiger partial charge in [-0.15, -0.1) is 0 Å². The number of benzene rings is 1. The molecule has 0 spiro atoms. The van der Waals surface area contributed by atoms with Gasteiger partial charge in [-0.05, 0) is 12.1 Å². The third kappa shape index (κ3) is 3.94. The standard InChI is InChI=1S/C11H8Cl3NO/c1-7(16)15-4-2-3-8-5-10(13)11(14)6-9(8)12/h5-6H,4H2,1H3,(H,15,16). The van der Waals surface area contributed by atoms with Crippen molar-refractivity contribution >= 4 is 40.7 Å². The van der Waals surface area contributed by atoms with Crippen molar-refractivity contribution < 1.29 is 4.79 Å². The Balaban J connectivity index is 2.81. The minimum Gasteiger partial charge on any atom is -0.345 e. The van der Waals surface area contributed by atoms with Crippen molar-refractivity contribution in [3.63, 3.8) is 0 Å². The van der Waals surface area contributed by atoms with Crippen LogP contribution in [0.25, 0.3) is 0 Å². The summed E-state index contributed by atoms with van der Waals surface area (Å²) in [5, 5.41) is 3.77. The zero-order valence-corrected chi connectivity index (χ0v) is 10.7. The van der Waals surface area contributed by atoms with Gasteiger partial charge in [-0.1, -0.05) is 46.6 Å². The van der Waals surface area contributed by atoms with Crippen LogP contribution in [-0.4, -0.2) is 12.5 Å². The summed E-state index contributed by atoms with van der Waals surface area (Å²) >= 11 is 17.5. The summed E-state index contributed by atoms with van der Waals surface area (Å²) in [7, 11) is 0. The van der Waals surface area contributed by atoms with Gasteiger partial charge in [0.15, 0.2) is 0 Å². The third-order valence-corrected chi connectivity index (χ3v) is 2.69. The van der Waals surface area contributed by atoms with E-state index in [1.807, 2.05) is 0 Å². The van der Waals surface area contributed by atoms with E-state index >= 15 is 0 Å². The Morgan fingerprint density at radius 3 is 2.50 bits per heavy atom. The van der Waals surface area contributed by atoms with Crippen molar-refractivity contribution in [1.82, 2.24) is 5.32 Å². The number of rotatable bonds is 1. The van der Waals surface area contributed by atoms with Crippen LogP contribution in [0.3, 0.4) is 0 Å². The van der Waals surface area contributed by atoms with E-state index in [-0.39, 0.29) is 12.5 Å². The molecule has 0 aliphatic rings. The molecule has 0 unspecified atom stereocenters. The van der Waals surface area contributed by atoms with Gasteiger partial charge in [-0.2, -0.15) is 0 Å². The maximum Gasteiger partial charge on any atom is 0.217 e. The molecule has 0 aliphatic carbocycles. The van der Waals surface area contributed by atoms with E-state index in [1.54, 1.807) is 6.07 Å². The van der Waals surface area contributed by atoms with Crippen LogP contribution in [0.1, 0.15) is 12.5 Å². The molecule has 1 rings (SSSR count). The lowest BCUT2D eigenvalue weighted by Crippen LogP contribution is -2.19. The molecule has 1 aromatic carbocycles. The summed E-state index contributed by atoms with van der Waals surface area (Å²) in [4.78, 5) is 10.6. The number of amides is 1. The predicted octanol–water partition coefficient (Wildman–Crippen LogP) is 3.13. The van der Waals surface area contributed by atoms with Gasteiger partial charge in [0.05, 0.1) is 21.6 Å². The number of carbonyl (C=O) groups excluding carboxylic acids is 1. The zero-order chi connectivity index (χ0) is 12.1. The lowest BCUT2D eigenvalue weighted by molar-refractivity contribution is -0.118. The first-order valence-electron chi connectivity index (χ1n) is 4.38. The second-order valence-electron chi connectivity index (χ2n) is 2.96. The lowest BCUT2D eigenvalue weighted by atomic mass is 10.2. The van der Waals surface area contributed by atoms with Gasteiger partial charge >= 0.3 is 0 Å². The van der Waals surface area contributed by atoms with E-state index in [4.69, 9.17) is 34.8 Å². The van der Waals surface area contributed by atoms with Crippen LogP contribution < -0.4 is 5.32 Å². The molecule has 1 N–H and O–H groups in total. The summed E-state index contributed by atoms with van der Waals surface area (Å²) in [5.41, 5.74) is 0.585. The molecule has 1 aromatic rings. The van der Waals surface area contributed by atoms with E-state index in [0.29, 0.717) is 20.6 Å². The van der Waals surface area contributed by atoms with Crippen LogP contribution in [0.4, 0.5) is 0 Å². The van der Waals surface area contributed by atoms with Gasteiger partial charge in [0.25, 0.3) is 0 Å². The fourth-order valence-corrected chi connectivity index (χ4v) is 1.52. The summed E-state index contributed by atoms with van der Waals surface area (Å²) < 4.78 is 0. The van der Waals surface area contributed by atoms with E-state index < -0.39 is 0 Å². The van der Waals surface area contributed by atoms with Crippen molar-refractivity contribution in [2.45, 2.75) is 6.92 Å². The summed E-state index contributed by atoms with van der Waals surface area (Å²) in [6.45, 7) is 1.69. The monoisotopic (exact) mass is 275 g/mol. The first kappa shape index (κ1) is 13.2. The molecule has 0 aromatic heterocycles. The van der Waals surface area contributed by atoms with Crippen LogP contribution in [0.15, 0.2) is 12.1 Å². The Bertz CT molecular complexity index is 474. The lowest BCUT2D eigenvalue weighted by Gasteiger charge is -1.99. The third-order valence-electron chi connectivity index (χ3n) is 1.66. The molecule has 0 bridgehead atoms. The van der Waals surface area contributed by atoms with Crippen molar-refractivity contribution in [2.75, 3.05) is 6.54 Å². The second-order valence-corrected chi connectivity index (χ2v) is 4.18. The minimum atomic E-state index is -0.130. The van der Waals surface area contributed by atoms with Crippen LogP contribution in [0.5, 0.6) is 0 Å². The molecule has 2 nitrogen and oxygen atoms in total. The molecule has 0 atom stereocenters. The van der Waals surface area contributed by atoms with Crippen molar-refractivity contribution in [3.8, 4) is 11.8 Å². The van der Waals surface area contributed by atoms with E-state index in [2.05, 4.69) is 17.2 Å². The number of halogens is 3. The largest absolute Gasteiger partial charge is 0.345 e. The quantitative estimate of drug-likeness (QED) is 0.620. The Morgan fingerprint density at radius 2 is 1.88 bits per heavy atom. The fraction of sp³-hybridized carbons (Fsp3) is 0.182. The van der Waals surface area contributed by atoms with Gasteiger partial charge in [0, 0.05) is 12.5 Å². The zero-order valence-electron chi connectivity index (χ0n) is 8.40. The highest BCUT2D eigenvalue weighted by molar-refractivity contribution is 6.43. The maximum atomic E-state index is 10.6. The molecular weight excluding hydrogens is 268 g/mol. The van der Waals surface area contributed by atoms with Crippen molar-refractivity contribution in [1.29, 1.82) is 0 Å². The highest BCUT2D eigenvalue weighted by Crippen LogP contribution is 2.28. The predicted molar refractivity (Wildman–Crippen MR) is 67.0 cm³/mol. The van der Waals surface area contributed by atoms with Gasteiger partial charge in [-0.25, -0.2) is 0 Å². The van der Waals surface area contributed by atoms with E-state index in [0.717, 1.165) is 0 Å². The number of nitrogens with one attached hydrogen (secondary N) is 1. The molecule has 1 amide bonds. The summed E-state index contributed by atoms with van der Waals surface area (Å²) in [6, 6.07) is 3.13. The Morgan fingerprint density at radius 1 is 1.25 bits per heavy atom. The maximum absolute atomic E-state index is 10.6. The Hall–Kier alpha value is -0.880. The topological polar surface area (TPSA) is 29.1 Å². The van der Waals surface area contributed by atoms with Crippen molar-refractivity contribution in [3.05, 3.63) is 32.8 Å². The van der Waals surface area contributed by atoms with Crippen LogP contribution in [0, 0.1) is 11.8 Å². The smallest absolute Gasteiger partial charge is 0.217 e. The number of carbonyl (C=O) groups is 1. The highest BCUT2D eigenvalue weighted by atomic mass is 35.5. The molecule has 0 fully saturated rings. The van der Waals surface area contributed by atoms with Gasteiger partial charge in [0.2, 0.25) is 5.91 Å². The Kier molecular flexibility index (Phi) is 4.95. The van der Waals surface area contributed by atoms with Gasteiger partial charge in [0.1, 0.15) is 0 Å². The normalized spacial score (nSPS) is 9.25.